The molecule has 1 saturated carbocycles. The third-order valence-corrected chi connectivity index (χ3v) is 3.08. The molecular formula is C14H21N3. The lowest BCUT2D eigenvalue weighted by Gasteiger charge is -2.22. The lowest BCUT2D eigenvalue weighted by molar-refractivity contribution is 0.474. The summed E-state index contributed by atoms with van der Waals surface area (Å²) < 4.78 is 0. The van der Waals surface area contributed by atoms with Crippen molar-refractivity contribution in [1.29, 1.82) is 0 Å². The Labute approximate surface area is 104 Å². The van der Waals surface area contributed by atoms with Gasteiger partial charge in [-0.15, -0.1) is 0 Å². The van der Waals surface area contributed by atoms with E-state index in [1.807, 2.05) is 13.1 Å². The van der Waals surface area contributed by atoms with Crippen LogP contribution in [-0.2, 0) is 6.54 Å². The largest absolute Gasteiger partial charge is 0.356 e. The SMILES string of the molecule is CN=C(NCC1CC1)N(C)Cc1ccccc1. The van der Waals surface area contributed by atoms with Gasteiger partial charge in [-0.05, 0) is 24.3 Å². The molecule has 0 unspecified atom stereocenters. The van der Waals surface area contributed by atoms with E-state index in [1.54, 1.807) is 0 Å². The van der Waals surface area contributed by atoms with Crippen molar-refractivity contribution in [2.24, 2.45) is 10.9 Å². The molecule has 2 rings (SSSR count). The fraction of sp³-hybridized carbons (Fsp3) is 0.500. The predicted molar refractivity (Wildman–Crippen MR) is 72.0 cm³/mol. The van der Waals surface area contributed by atoms with Crippen LogP contribution in [0.15, 0.2) is 35.3 Å². The molecule has 0 aromatic heterocycles. The van der Waals surface area contributed by atoms with Crippen molar-refractivity contribution in [2.75, 3.05) is 20.6 Å². The van der Waals surface area contributed by atoms with Gasteiger partial charge in [0.25, 0.3) is 0 Å². The second kappa shape index (κ2) is 5.71. The molecule has 1 aliphatic carbocycles. The fourth-order valence-corrected chi connectivity index (χ4v) is 1.87. The van der Waals surface area contributed by atoms with Gasteiger partial charge in [-0.3, -0.25) is 4.99 Å². The summed E-state index contributed by atoms with van der Waals surface area (Å²) in [4.78, 5) is 6.48. The van der Waals surface area contributed by atoms with Crippen molar-refractivity contribution in [3.8, 4) is 0 Å². The number of aliphatic imine (C=N–C) groups is 1. The third-order valence-electron chi connectivity index (χ3n) is 3.08. The topological polar surface area (TPSA) is 27.6 Å². The number of rotatable bonds is 4. The van der Waals surface area contributed by atoms with E-state index in [0.717, 1.165) is 25.0 Å². The van der Waals surface area contributed by atoms with Gasteiger partial charge in [-0.2, -0.15) is 0 Å². The first-order valence-corrected chi connectivity index (χ1v) is 6.25. The fourth-order valence-electron chi connectivity index (χ4n) is 1.87. The Kier molecular flexibility index (Phi) is 4.02. The normalized spacial score (nSPS) is 15.8. The van der Waals surface area contributed by atoms with Gasteiger partial charge in [0.15, 0.2) is 5.96 Å². The molecule has 0 amide bonds. The summed E-state index contributed by atoms with van der Waals surface area (Å²) in [6.07, 6.45) is 2.73. The molecule has 0 saturated heterocycles. The summed E-state index contributed by atoms with van der Waals surface area (Å²) in [7, 11) is 3.92. The number of guanidine groups is 1. The second-order valence-corrected chi connectivity index (χ2v) is 4.71. The van der Waals surface area contributed by atoms with Gasteiger partial charge in [-0.1, -0.05) is 30.3 Å². The molecule has 0 atom stereocenters. The van der Waals surface area contributed by atoms with Crippen molar-refractivity contribution < 1.29 is 0 Å². The molecule has 0 aliphatic heterocycles. The monoisotopic (exact) mass is 231 g/mol. The number of benzene rings is 1. The van der Waals surface area contributed by atoms with Crippen molar-refractivity contribution >= 4 is 5.96 Å². The summed E-state index contributed by atoms with van der Waals surface area (Å²) >= 11 is 0. The standard InChI is InChI=1S/C14H21N3/c1-15-14(16-10-12-8-9-12)17(2)11-13-6-4-3-5-7-13/h3-7,12H,8-11H2,1-2H3,(H,15,16). The summed E-state index contributed by atoms with van der Waals surface area (Å²) in [6, 6.07) is 10.5. The highest BCUT2D eigenvalue weighted by Crippen LogP contribution is 2.27. The van der Waals surface area contributed by atoms with Crippen LogP contribution in [-0.4, -0.2) is 31.5 Å². The van der Waals surface area contributed by atoms with E-state index < -0.39 is 0 Å². The van der Waals surface area contributed by atoms with Crippen LogP contribution in [0.4, 0.5) is 0 Å². The summed E-state index contributed by atoms with van der Waals surface area (Å²) in [6.45, 7) is 1.96. The quantitative estimate of drug-likeness (QED) is 0.635. The molecule has 0 bridgehead atoms. The van der Waals surface area contributed by atoms with Gasteiger partial charge in [0, 0.05) is 27.2 Å². The minimum absolute atomic E-state index is 0.872. The molecule has 17 heavy (non-hydrogen) atoms. The third kappa shape index (κ3) is 3.77. The summed E-state index contributed by atoms with van der Waals surface area (Å²) in [5.74, 6) is 1.86. The zero-order valence-electron chi connectivity index (χ0n) is 10.7. The van der Waals surface area contributed by atoms with Gasteiger partial charge < -0.3 is 10.2 Å². The van der Waals surface area contributed by atoms with Crippen molar-refractivity contribution in [3.05, 3.63) is 35.9 Å². The number of hydrogen-bond donors (Lipinski definition) is 1. The van der Waals surface area contributed by atoms with E-state index >= 15 is 0 Å². The lowest BCUT2D eigenvalue weighted by Crippen LogP contribution is -2.39. The Morgan fingerprint density at radius 1 is 1.35 bits per heavy atom. The van der Waals surface area contributed by atoms with Gasteiger partial charge in [0.05, 0.1) is 0 Å². The van der Waals surface area contributed by atoms with Crippen molar-refractivity contribution in [1.82, 2.24) is 10.2 Å². The molecule has 92 valence electrons. The summed E-state index contributed by atoms with van der Waals surface area (Å²) in [5.41, 5.74) is 1.31. The van der Waals surface area contributed by atoms with Crippen LogP contribution in [0.1, 0.15) is 18.4 Å². The van der Waals surface area contributed by atoms with E-state index in [1.165, 1.54) is 18.4 Å². The van der Waals surface area contributed by atoms with Crippen molar-refractivity contribution in [3.63, 3.8) is 0 Å². The first-order valence-electron chi connectivity index (χ1n) is 6.25. The number of nitrogens with zero attached hydrogens (tertiary/aromatic N) is 2. The molecule has 1 N–H and O–H groups in total. The average Bonchev–Trinajstić information content (AvgIpc) is 3.15. The van der Waals surface area contributed by atoms with Gasteiger partial charge in [0.1, 0.15) is 0 Å². The molecule has 1 aromatic rings. The number of hydrogen-bond acceptors (Lipinski definition) is 1. The van der Waals surface area contributed by atoms with Crippen LogP contribution in [0.5, 0.6) is 0 Å². The Hall–Kier alpha value is -1.51. The lowest BCUT2D eigenvalue weighted by atomic mass is 10.2. The average molecular weight is 231 g/mol. The van der Waals surface area contributed by atoms with E-state index in [9.17, 15) is 0 Å². The highest BCUT2D eigenvalue weighted by atomic mass is 15.3. The minimum Gasteiger partial charge on any atom is -0.356 e. The van der Waals surface area contributed by atoms with E-state index in [2.05, 4.69) is 46.5 Å². The van der Waals surface area contributed by atoms with E-state index in [4.69, 9.17) is 0 Å². The van der Waals surface area contributed by atoms with Gasteiger partial charge >= 0.3 is 0 Å². The first kappa shape index (κ1) is 12.0. The Balaban J connectivity index is 1.85. The maximum atomic E-state index is 4.32. The minimum atomic E-state index is 0.872. The molecule has 1 aliphatic rings. The van der Waals surface area contributed by atoms with Crippen LogP contribution in [0.3, 0.4) is 0 Å². The Morgan fingerprint density at radius 2 is 2.06 bits per heavy atom. The smallest absolute Gasteiger partial charge is 0.193 e. The molecule has 1 aromatic carbocycles. The molecule has 0 heterocycles. The molecule has 3 heteroatoms. The van der Waals surface area contributed by atoms with Crippen LogP contribution < -0.4 is 5.32 Å². The van der Waals surface area contributed by atoms with E-state index in [-0.39, 0.29) is 0 Å². The first-order chi connectivity index (χ1) is 8.29. The zero-order chi connectivity index (χ0) is 12.1. The molecule has 1 fully saturated rings. The maximum Gasteiger partial charge on any atom is 0.193 e. The predicted octanol–water partition coefficient (Wildman–Crippen LogP) is 2.10. The Morgan fingerprint density at radius 3 is 2.65 bits per heavy atom. The van der Waals surface area contributed by atoms with Crippen LogP contribution in [0.25, 0.3) is 0 Å². The zero-order valence-corrected chi connectivity index (χ0v) is 10.7. The van der Waals surface area contributed by atoms with E-state index in [0.29, 0.717) is 0 Å². The number of nitrogens with one attached hydrogen (secondary N) is 1. The Bertz CT molecular complexity index is 368. The highest BCUT2D eigenvalue weighted by Gasteiger charge is 2.21. The molecule has 0 spiro atoms. The van der Waals surface area contributed by atoms with Gasteiger partial charge in [0.2, 0.25) is 0 Å². The van der Waals surface area contributed by atoms with Crippen LogP contribution >= 0.6 is 0 Å². The van der Waals surface area contributed by atoms with Gasteiger partial charge in [-0.25, -0.2) is 0 Å². The van der Waals surface area contributed by atoms with Crippen molar-refractivity contribution in [2.45, 2.75) is 19.4 Å². The summed E-state index contributed by atoms with van der Waals surface area (Å²) in [5, 5.41) is 3.43. The maximum absolute atomic E-state index is 4.32. The highest BCUT2D eigenvalue weighted by molar-refractivity contribution is 5.79. The van der Waals surface area contributed by atoms with Crippen LogP contribution in [0, 0.1) is 5.92 Å². The molecular weight excluding hydrogens is 210 g/mol. The molecule has 3 nitrogen and oxygen atoms in total. The van der Waals surface area contributed by atoms with Crippen LogP contribution in [0.2, 0.25) is 0 Å². The molecule has 0 radical (unpaired) electrons. The second-order valence-electron chi connectivity index (χ2n) is 4.71.